The molecule has 0 bridgehead atoms. The zero-order valence-corrected chi connectivity index (χ0v) is 45.0. The highest BCUT2D eigenvalue weighted by Gasteiger charge is 2.25. The first-order valence-corrected chi connectivity index (χ1v) is 26.7. The molecule has 12 heteroatoms. The zero-order valence-electron chi connectivity index (χ0n) is 45.0. The van der Waals surface area contributed by atoms with Crippen molar-refractivity contribution in [3.05, 3.63) is 256 Å². The third-order valence-electron chi connectivity index (χ3n) is 15.4. The van der Waals surface area contributed by atoms with Gasteiger partial charge in [-0.3, -0.25) is 0 Å². The standard InChI is InChI=1S/C74H34N12/c75-35-44-17-45(36-76)22-57(21-44)53-9-13-69-62(29-53)63-30-54(58-23-46(37-77)18-47(24-58)38-78)10-14-70(63)85(69)73-33-61(68-8-4-7-67(84-68)52-5-2-1-3-6-52)34-74(66(73)43-83)86-71-15-11-55(59-25-48(39-79)19-49(26-59)40-80)31-64(71)65-32-56(12-16-72(65)86)60-27-50(41-81)20-51(28-60)42-82/h1-34H. The summed E-state index contributed by atoms with van der Waals surface area (Å²) in [5.74, 6) is 0. The summed E-state index contributed by atoms with van der Waals surface area (Å²) in [7, 11) is 0. The molecule has 13 aromatic rings. The van der Waals surface area contributed by atoms with Crippen LogP contribution >= 0.6 is 0 Å². The summed E-state index contributed by atoms with van der Waals surface area (Å²) in [5, 5.41) is 95.3. The number of fused-ring (bicyclic) bond motifs is 6. The first kappa shape index (κ1) is 51.8. The fourth-order valence-electron chi connectivity index (χ4n) is 11.6. The maximum Gasteiger partial charge on any atom is 0.104 e. The van der Waals surface area contributed by atoms with Crippen molar-refractivity contribution in [1.82, 2.24) is 14.1 Å². The maximum atomic E-state index is 12.0. The highest BCUT2D eigenvalue weighted by atomic mass is 15.0. The molecular weight excluding hydrogens is 1060 g/mol. The van der Waals surface area contributed by atoms with Crippen LogP contribution in [-0.2, 0) is 0 Å². The Kier molecular flexibility index (Phi) is 12.7. The third kappa shape index (κ3) is 8.96. The van der Waals surface area contributed by atoms with Crippen LogP contribution in [0.1, 0.15) is 50.1 Å². The fraction of sp³-hybridized carbons (Fsp3) is 0. The molecule has 10 aromatic carbocycles. The number of rotatable bonds is 8. The van der Waals surface area contributed by atoms with E-state index in [4.69, 9.17) is 4.98 Å². The van der Waals surface area contributed by atoms with E-state index in [1.54, 1.807) is 72.8 Å². The van der Waals surface area contributed by atoms with Gasteiger partial charge >= 0.3 is 0 Å². The fourth-order valence-corrected chi connectivity index (χ4v) is 11.6. The van der Waals surface area contributed by atoms with E-state index in [0.29, 0.717) is 111 Å². The molecule has 0 saturated carbocycles. The molecule has 0 amide bonds. The van der Waals surface area contributed by atoms with Crippen molar-refractivity contribution in [3.8, 4) is 133 Å². The molecule has 0 aliphatic heterocycles. The van der Waals surface area contributed by atoms with Crippen molar-refractivity contribution < 1.29 is 0 Å². The Balaban J connectivity index is 1.14. The lowest BCUT2D eigenvalue weighted by Crippen LogP contribution is -2.05. The van der Waals surface area contributed by atoms with Crippen molar-refractivity contribution in [2.24, 2.45) is 0 Å². The summed E-state index contributed by atoms with van der Waals surface area (Å²) in [6.45, 7) is 0. The number of hydrogen-bond donors (Lipinski definition) is 0. The van der Waals surface area contributed by atoms with Gasteiger partial charge in [-0.25, -0.2) is 4.98 Å². The summed E-state index contributed by atoms with van der Waals surface area (Å²) in [6.07, 6.45) is 0. The van der Waals surface area contributed by atoms with Crippen LogP contribution in [0.3, 0.4) is 0 Å². The minimum Gasteiger partial charge on any atom is -0.308 e. The highest BCUT2D eigenvalue weighted by molar-refractivity contribution is 6.14. The van der Waals surface area contributed by atoms with Crippen LogP contribution < -0.4 is 0 Å². The molecule has 0 aliphatic carbocycles. The van der Waals surface area contributed by atoms with Crippen LogP contribution in [0.25, 0.3) is 122 Å². The Morgan fingerprint density at radius 3 is 0.802 bits per heavy atom. The monoisotopic (exact) mass is 1090 g/mol. The number of nitrogens with zero attached hydrogens (tertiary/aromatic N) is 12. The van der Waals surface area contributed by atoms with Gasteiger partial charge in [0.05, 0.1) is 138 Å². The molecule has 0 radical (unpaired) electrons. The second-order valence-corrected chi connectivity index (χ2v) is 20.5. The van der Waals surface area contributed by atoms with Crippen LogP contribution in [0.15, 0.2) is 206 Å². The summed E-state index contributed by atoms with van der Waals surface area (Å²) in [5.41, 5.74) is 15.1. The number of aromatic nitrogens is 3. The molecule has 0 atom stereocenters. The van der Waals surface area contributed by atoms with Gasteiger partial charge in [-0.15, -0.1) is 0 Å². The first-order valence-electron chi connectivity index (χ1n) is 26.7. The second kappa shape index (κ2) is 21.1. The number of pyridine rings is 1. The molecule has 390 valence electrons. The maximum absolute atomic E-state index is 12.0. The molecule has 13 rings (SSSR count). The van der Waals surface area contributed by atoms with E-state index in [0.717, 1.165) is 55.1 Å². The smallest absolute Gasteiger partial charge is 0.104 e. The van der Waals surface area contributed by atoms with E-state index in [-0.39, 0.29) is 5.56 Å². The molecule has 0 saturated heterocycles. The lowest BCUT2D eigenvalue weighted by molar-refractivity contribution is 1.12. The van der Waals surface area contributed by atoms with E-state index in [1.165, 1.54) is 0 Å². The molecule has 0 spiro atoms. The highest BCUT2D eigenvalue weighted by Crippen LogP contribution is 2.44. The van der Waals surface area contributed by atoms with Crippen LogP contribution in [-0.4, -0.2) is 14.1 Å². The van der Waals surface area contributed by atoms with Crippen LogP contribution in [0.4, 0.5) is 0 Å². The second-order valence-electron chi connectivity index (χ2n) is 20.5. The molecule has 0 fully saturated rings. The largest absolute Gasteiger partial charge is 0.308 e. The minimum absolute atomic E-state index is 0.286. The Hall–Kier alpha value is -13.6. The van der Waals surface area contributed by atoms with E-state index in [9.17, 15) is 47.4 Å². The Labute approximate surface area is 491 Å². The van der Waals surface area contributed by atoms with Gasteiger partial charge in [-0.1, -0.05) is 60.7 Å². The van der Waals surface area contributed by atoms with Crippen molar-refractivity contribution in [2.75, 3.05) is 0 Å². The minimum atomic E-state index is 0.286. The quantitative estimate of drug-likeness (QED) is 0.139. The zero-order chi connectivity index (χ0) is 59.2. The van der Waals surface area contributed by atoms with Gasteiger partial charge in [-0.2, -0.15) is 47.4 Å². The average Bonchev–Trinajstić information content (AvgIpc) is 2.03. The van der Waals surface area contributed by atoms with Crippen molar-refractivity contribution in [2.45, 2.75) is 0 Å². The number of nitriles is 9. The van der Waals surface area contributed by atoms with Gasteiger partial charge in [0.15, 0.2) is 0 Å². The molecule has 0 unspecified atom stereocenters. The van der Waals surface area contributed by atoms with Gasteiger partial charge in [0.1, 0.15) is 11.6 Å². The molecule has 86 heavy (non-hydrogen) atoms. The topological polar surface area (TPSA) is 237 Å². The SMILES string of the molecule is N#Cc1cc(C#N)cc(-c2ccc3c(c2)c2cc(-c4cc(C#N)cc(C#N)c4)ccc2n3-c2cc(-c3cccc(-c4ccccc4)n3)cc(-n3c4ccc(-c5cc(C#N)cc(C#N)c5)cc4c4cc(-c5cc(C#N)cc(C#N)c5)ccc43)c2C#N)c1. The van der Waals surface area contributed by atoms with Gasteiger partial charge in [0.2, 0.25) is 0 Å². The number of benzene rings is 10. The molecule has 3 heterocycles. The van der Waals surface area contributed by atoms with Crippen molar-refractivity contribution in [1.29, 1.82) is 47.4 Å². The van der Waals surface area contributed by atoms with Gasteiger partial charge in [-0.05, 0) is 190 Å². The van der Waals surface area contributed by atoms with Gasteiger partial charge in [0, 0.05) is 32.7 Å². The number of hydrogen-bond acceptors (Lipinski definition) is 10. The summed E-state index contributed by atoms with van der Waals surface area (Å²) >= 11 is 0. The Morgan fingerprint density at radius 2 is 0.523 bits per heavy atom. The predicted molar refractivity (Wildman–Crippen MR) is 328 cm³/mol. The van der Waals surface area contributed by atoms with E-state index in [1.807, 2.05) is 133 Å². The summed E-state index contributed by atoms with van der Waals surface area (Å²) in [4.78, 5) is 5.27. The van der Waals surface area contributed by atoms with Crippen molar-refractivity contribution >= 4 is 43.6 Å². The lowest BCUT2D eigenvalue weighted by Gasteiger charge is -2.19. The average molecular weight is 1090 g/mol. The summed E-state index contributed by atoms with van der Waals surface area (Å²) in [6, 6.07) is 83.4. The van der Waals surface area contributed by atoms with Gasteiger partial charge < -0.3 is 9.13 Å². The first-order chi connectivity index (χ1) is 42.1. The lowest BCUT2D eigenvalue weighted by atomic mass is 9.97. The van der Waals surface area contributed by atoms with Crippen molar-refractivity contribution in [3.63, 3.8) is 0 Å². The van der Waals surface area contributed by atoms with E-state index >= 15 is 0 Å². The molecule has 3 aromatic heterocycles. The van der Waals surface area contributed by atoms with E-state index in [2.05, 4.69) is 63.8 Å². The molecular formula is C74H34N12. The predicted octanol–water partition coefficient (Wildman–Crippen LogP) is 16.1. The molecule has 0 N–H and O–H groups in total. The Morgan fingerprint density at radius 1 is 0.233 bits per heavy atom. The molecule has 0 aliphatic rings. The van der Waals surface area contributed by atoms with Crippen LogP contribution in [0, 0.1) is 102 Å². The van der Waals surface area contributed by atoms with E-state index < -0.39 is 0 Å². The van der Waals surface area contributed by atoms with Gasteiger partial charge in [0.25, 0.3) is 0 Å². The normalized spacial score (nSPS) is 10.7. The van der Waals surface area contributed by atoms with Crippen LogP contribution in [0.5, 0.6) is 0 Å². The Bertz CT molecular complexity index is 4850. The summed E-state index contributed by atoms with van der Waals surface area (Å²) < 4.78 is 4.11. The van der Waals surface area contributed by atoms with Crippen LogP contribution in [0.2, 0.25) is 0 Å². The molecule has 12 nitrogen and oxygen atoms in total. The third-order valence-corrected chi connectivity index (χ3v) is 15.4.